The number of carbonyl (C=O) groups excluding carboxylic acids is 2. The van der Waals surface area contributed by atoms with Gasteiger partial charge in [-0.15, -0.1) is 0 Å². The summed E-state index contributed by atoms with van der Waals surface area (Å²) in [5.41, 5.74) is 7.70. The Morgan fingerprint density at radius 1 is 1.21 bits per heavy atom. The zero-order chi connectivity index (χ0) is 18.1. The Hall–Kier alpha value is -1.99. The highest BCUT2D eigenvalue weighted by Crippen LogP contribution is 2.13. The van der Waals surface area contributed by atoms with Gasteiger partial charge in [-0.25, -0.2) is 0 Å². The van der Waals surface area contributed by atoms with Crippen LogP contribution in [0.4, 0.5) is 0 Å². The van der Waals surface area contributed by atoms with Gasteiger partial charge in [0.1, 0.15) is 0 Å². The quantitative estimate of drug-likeness (QED) is 0.395. The standard InChI is InChI=1S/C17H25N3O3S/c1-11-5-6-12(2)14(9-11)15(21)7-8-16(22)19-20-17(24)18-13(3)10-23-4/h5-6,9,13H,7-8,10H2,1-4H3,(H,19,22)(H2,18,20,24)/t13-/m1/s1. The van der Waals surface area contributed by atoms with Gasteiger partial charge in [0.05, 0.1) is 6.61 Å². The molecule has 1 aromatic rings. The summed E-state index contributed by atoms with van der Waals surface area (Å²) < 4.78 is 4.98. The third-order valence-corrected chi connectivity index (χ3v) is 3.60. The first-order valence-corrected chi connectivity index (χ1v) is 8.19. The zero-order valence-electron chi connectivity index (χ0n) is 14.6. The molecule has 0 radical (unpaired) electrons. The minimum atomic E-state index is -0.294. The van der Waals surface area contributed by atoms with Crippen molar-refractivity contribution < 1.29 is 14.3 Å². The first kappa shape index (κ1) is 20.1. The van der Waals surface area contributed by atoms with Crippen molar-refractivity contribution in [1.82, 2.24) is 16.2 Å². The number of hydrazine groups is 1. The maximum absolute atomic E-state index is 12.2. The molecular formula is C17H25N3O3S. The summed E-state index contributed by atoms with van der Waals surface area (Å²) in [6.07, 6.45) is 0.244. The first-order chi connectivity index (χ1) is 11.3. The average Bonchev–Trinajstić information content (AvgIpc) is 2.53. The van der Waals surface area contributed by atoms with Gasteiger partial charge < -0.3 is 10.1 Å². The summed E-state index contributed by atoms with van der Waals surface area (Å²) in [7, 11) is 1.60. The highest BCUT2D eigenvalue weighted by molar-refractivity contribution is 7.80. The molecule has 1 amide bonds. The predicted molar refractivity (Wildman–Crippen MR) is 97.8 cm³/mol. The summed E-state index contributed by atoms with van der Waals surface area (Å²) in [5, 5.41) is 3.25. The molecule has 0 saturated heterocycles. The van der Waals surface area contributed by atoms with Crippen LogP contribution >= 0.6 is 12.2 Å². The van der Waals surface area contributed by atoms with Gasteiger partial charge in [0.15, 0.2) is 10.9 Å². The molecule has 24 heavy (non-hydrogen) atoms. The molecular weight excluding hydrogens is 326 g/mol. The second-order valence-corrected chi connectivity index (χ2v) is 6.15. The highest BCUT2D eigenvalue weighted by Gasteiger charge is 2.12. The van der Waals surface area contributed by atoms with Crippen LogP contribution in [0, 0.1) is 13.8 Å². The number of ether oxygens (including phenoxy) is 1. The normalized spacial score (nSPS) is 11.5. The van der Waals surface area contributed by atoms with Crippen molar-refractivity contribution in [3.63, 3.8) is 0 Å². The van der Waals surface area contributed by atoms with E-state index in [1.807, 2.05) is 39.0 Å². The molecule has 0 aromatic heterocycles. The lowest BCUT2D eigenvalue weighted by Gasteiger charge is -2.16. The van der Waals surface area contributed by atoms with Gasteiger partial charge in [-0.3, -0.25) is 20.4 Å². The minimum Gasteiger partial charge on any atom is -0.383 e. The van der Waals surface area contributed by atoms with Gasteiger partial charge in [0.25, 0.3) is 0 Å². The molecule has 1 rings (SSSR count). The van der Waals surface area contributed by atoms with Crippen LogP contribution in [0.25, 0.3) is 0 Å². The van der Waals surface area contributed by atoms with Crippen molar-refractivity contribution in [3.05, 3.63) is 34.9 Å². The third kappa shape index (κ3) is 7.06. The summed E-state index contributed by atoms with van der Waals surface area (Å²) >= 11 is 5.05. The molecule has 1 atom stereocenters. The molecule has 132 valence electrons. The molecule has 3 N–H and O–H groups in total. The first-order valence-electron chi connectivity index (χ1n) is 7.78. The fraction of sp³-hybridized carbons (Fsp3) is 0.471. The van der Waals surface area contributed by atoms with Gasteiger partial charge in [-0.1, -0.05) is 17.7 Å². The summed E-state index contributed by atoms with van der Waals surface area (Å²) in [4.78, 5) is 24.0. The highest BCUT2D eigenvalue weighted by atomic mass is 32.1. The fourth-order valence-corrected chi connectivity index (χ4v) is 2.39. The van der Waals surface area contributed by atoms with E-state index < -0.39 is 0 Å². The van der Waals surface area contributed by atoms with Crippen molar-refractivity contribution in [2.24, 2.45) is 0 Å². The Bertz CT molecular complexity index is 605. The molecule has 0 aliphatic carbocycles. The second-order valence-electron chi connectivity index (χ2n) is 5.74. The number of amides is 1. The number of ketones is 1. The van der Waals surface area contributed by atoms with Crippen LogP contribution in [0.3, 0.4) is 0 Å². The van der Waals surface area contributed by atoms with Crippen LogP contribution in [0.15, 0.2) is 18.2 Å². The number of carbonyl (C=O) groups is 2. The number of aryl methyl sites for hydroxylation is 2. The number of hydrogen-bond acceptors (Lipinski definition) is 4. The average molecular weight is 351 g/mol. The zero-order valence-corrected chi connectivity index (χ0v) is 15.4. The number of thiocarbonyl (C=S) groups is 1. The Labute approximate surface area is 148 Å². The molecule has 6 nitrogen and oxygen atoms in total. The number of methoxy groups -OCH3 is 1. The third-order valence-electron chi connectivity index (χ3n) is 3.38. The van der Waals surface area contributed by atoms with E-state index in [1.54, 1.807) is 7.11 Å². The fourth-order valence-electron chi connectivity index (χ4n) is 2.14. The Morgan fingerprint density at radius 2 is 1.92 bits per heavy atom. The summed E-state index contributed by atoms with van der Waals surface area (Å²) in [6.45, 7) is 6.23. The number of hydrogen-bond donors (Lipinski definition) is 3. The molecule has 0 heterocycles. The van der Waals surface area contributed by atoms with E-state index in [-0.39, 0.29) is 30.6 Å². The maximum atomic E-state index is 12.2. The lowest BCUT2D eigenvalue weighted by molar-refractivity contribution is -0.121. The number of nitrogens with one attached hydrogen (secondary N) is 3. The van der Waals surface area contributed by atoms with E-state index in [9.17, 15) is 9.59 Å². The van der Waals surface area contributed by atoms with Crippen molar-refractivity contribution in [1.29, 1.82) is 0 Å². The largest absolute Gasteiger partial charge is 0.383 e. The Balaban J connectivity index is 2.37. The predicted octanol–water partition coefficient (Wildman–Crippen LogP) is 1.80. The van der Waals surface area contributed by atoms with Gasteiger partial charge >= 0.3 is 0 Å². The van der Waals surface area contributed by atoms with E-state index >= 15 is 0 Å². The van der Waals surface area contributed by atoms with Gasteiger partial charge in [0.2, 0.25) is 5.91 Å². The smallest absolute Gasteiger partial charge is 0.238 e. The molecule has 1 aromatic carbocycles. The number of Topliss-reactive ketones (excluding diaryl/α,β-unsaturated/α-hetero) is 1. The summed E-state index contributed by atoms with van der Waals surface area (Å²) in [5.74, 6) is -0.335. The molecule has 7 heteroatoms. The van der Waals surface area contributed by atoms with Gasteiger partial charge in [-0.05, 0) is 44.6 Å². The molecule has 0 unspecified atom stereocenters. The van der Waals surface area contributed by atoms with Crippen molar-refractivity contribution in [2.45, 2.75) is 39.7 Å². The van der Waals surface area contributed by atoms with Crippen LogP contribution in [0.2, 0.25) is 0 Å². The molecule has 0 saturated carbocycles. The SMILES string of the molecule is COC[C@@H](C)NC(=S)NNC(=O)CCC(=O)c1cc(C)ccc1C. The van der Waals surface area contributed by atoms with Crippen LogP contribution in [0.1, 0.15) is 41.3 Å². The Kier molecular flexibility index (Phi) is 8.35. The van der Waals surface area contributed by atoms with Crippen molar-refractivity contribution in [3.8, 4) is 0 Å². The van der Waals surface area contributed by atoms with E-state index in [0.717, 1.165) is 11.1 Å². The Morgan fingerprint density at radius 3 is 2.58 bits per heavy atom. The van der Waals surface area contributed by atoms with Crippen molar-refractivity contribution in [2.75, 3.05) is 13.7 Å². The molecule has 0 spiro atoms. The molecule has 0 aliphatic heterocycles. The van der Waals surface area contributed by atoms with Crippen LogP contribution in [-0.4, -0.2) is 36.6 Å². The van der Waals surface area contributed by atoms with Gasteiger partial charge in [-0.2, -0.15) is 0 Å². The summed E-state index contributed by atoms with van der Waals surface area (Å²) in [6, 6.07) is 5.75. The lowest BCUT2D eigenvalue weighted by atomic mass is 9.99. The lowest BCUT2D eigenvalue weighted by Crippen LogP contribution is -2.49. The molecule has 0 aliphatic rings. The minimum absolute atomic E-state index is 0.0257. The van der Waals surface area contributed by atoms with E-state index in [4.69, 9.17) is 17.0 Å². The van der Waals surface area contributed by atoms with Crippen LogP contribution < -0.4 is 16.2 Å². The van der Waals surface area contributed by atoms with Gasteiger partial charge in [0, 0.05) is 31.6 Å². The van der Waals surface area contributed by atoms with E-state index in [1.165, 1.54) is 0 Å². The van der Waals surface area contributed by atoms with Crippen molar-refractivity contribution >= 4 is 29.0 Å². The molecule has 0 fully saturated rings. The maximum Gasteiger partial charge on any atom is 0.238 e. The number of benzene rings is 1. The topological polar surface area (TPSA) is 79.5 Å². The number of rotatable bonds is 7. The van der Waals surface area contributed by atoms with Crippen LogP contribution in [-0.2, 0) is 9.53 Å². The monoisotopic (exact) mass is 351 g/mol. The van der Waals surface area contributed by atoms with E-state index in [2.05, 4.69) is 16.2 Å². The second kappa shape index (κ2) is 10.00. The van der Waals surface area contributed by atoms with E-state index in [0.29, 0.717) is 17.3 Å². The molecule has 0 bridgehead atoms. The van der Waals surface area contributed by atoms with Crippen LogP contribution in [0.5, 0.6) is 0 Å².